The van der Waals surface area contributed by atoms with Crippen LogP contribution in [0.25, 0.3) is 0 Å². The summed E-state index contributed by atoms with van der Waals surface area (Å²) in [5.41, 5.74) is 1.65. The SMILES string of the molecule is C#CC(C)c1cc(S(=O)(=O)O)ccc1C. The largest absolute Gasteiger partial charge is 0.294 e. The number of hydrogen-bond donors (Lipinski definition) is 1. The van der Waals surface area contributed by atoms with Crippen molar-refractivity contribution < 1.29 is 13.0 Å². The van der Waals surface area contributed by atoms with Crippen LogP contribution in [-0.2, 0) is 10.1 Å². The summed E-state index contributed by atoms with van der Waals surface area (Å²) < 4.78 is 30.7. The van der Waals surface area contributed by atoms with Crippen LogP contribution in [0.5, 0.6) is 0 Å². The van der Waals surface area contributed by atoms with E-state index in [2.05, 4.69) is 5.92 Å². The Balaban J connectivity index is 3.37. The molecule has 0 fully saturated rings. The Labute approximate surface area is 89.9 Å². The summed E-state index contributed by atoms with van der Waals surface area (Å²) in [6.45, 7) is 3.65. The molecular formula is C11H12O3S. The number of terminal acetylenes is 1. The molecule has 1 aromatic carbocycles. The fraction of sp³-hybridized carbons (Fsp3) is 0.273. The van der Waals surface area contributed by atoms with Gasteiger partial charge in [0.1, 0.15) is 0 Å². The highest BCUT2D eigenvalue weighted by atomic mass is 32.2. The van der Waals surface area contributed by atoms with Crippen LogP contribution in [0.15, 0.2) is 23.1 Å². The molecule has 0 aliphatic rings. The first-order chi connectivity index (χ1) is 6.86. The number of hydrogen-bond acceptors (Lipinski definition) is 2. The average Bonchev–Trinajstić information content (AvgIpc) is 2.15. The molecule has 1 N–H and O–H groups in total. The first-order valence-corrected chi connectivity index (χ1v) is 5.84. The van der Waals surface area contributed by atoms with Crippen molar-refractivity contribution in [3.05, 3.63) is 29.3 Å². The van der Waals surface area contributed by atoms with Gasteiger partial charge in [-0.3, -0.25) is 4.55 Å². The molecule has 0 saturated heterocycles. The van der Waals surface area contributed by atoms with Crippen LogP contribution in [0.4, 0.5) is 0 Å². The summed E-state index contributed by atoms with van der Waals surface area (Å²) in [6.07, 6.45) is 5.27. The maximum Gasteiger partial charge on any atom is 0.294 e. The van der Waals surface area contributed by atoms with Crippen molar-refractivity contribution in [3.63, 3.8) is 0 Å². The maximum absolute atomic E-state index is 10.9. The zero-order chi connectivity index (χ0) is 11.6. The lowest BCUT2D eigenvalue weighted by molar-refractivity contribution is 0.483. The molecule has 0 bridgehead atoms. The molecular weight excluding hydrogens is 212 g/mol. The lowest BCUT2D eigenvalue weighted by Gasteiger charge is -2.09. The van der Waals surface area contributed by atoms with Crippen molar-refractivity contribution in [3.8, 4) is 12.3 Å². The van der Waals surface area contributed by atoms with Gasteiger partial charge in [0.2, 0.25) is 0 Å². The van der Waals surface area contributed by atoms with Gasteiger partial charge < -0.3 is 0 Å². The fourth-order valence-electron chi connectivity index (χ4n) is 1.34. The topological polar surface area (TPSA) is 54.4 Å². The van der Waals surface area contributed by atoms with Crippen molar-refractivity contribution in [1.82, 2.24) is 0 Å². The van der Waals surface area contributed by atoms with E-state index in [0.717, 1.165) is 11.1 Å². The number of aryl methyl sites for hydroxylation is 1. The fourth-order valence-corrected chi connectivity index (χ4v) is 1.85. The molecule has 0 aromatic heterocycles. The molecule has 0 saturated carbocycles. The normalized spacial score (nSPS) is 13.2. The van der Waals surface area contributed by atoms with Crippen LogP contribution < -0.4 is 0 Å². The summed E-state index contributed by atoms with van der Waals surface area (Å²) in [7, 11) is -4.15. The summed E-state index contributed by atoms with van der Waals surface area (Å²) >= 11 is 0. The van der Waals surface area contributed by atoms with Gasteiger partial charge in [-0.05, 0) is 37.1 Å². The van der Waals surface area contributed by atoms with E-state index in [1.807, 2.05) is 6.92 Å². The lowest BCUT2D eigenvalue weighted by atomic mass is 9.97. The Kier molecular flexibility index (Phi) is 3.18. The zero-order valence-corrected chi connectivity index (χ0v) is 9.38. The number of rotatable bonds is 2. The van der Waals surface area contributed by atoms with E-state index in [1.54, 1.807) is 13.0 Å². The molecule has 3 nitrogen and oxygen atoms in total. The van der Waals surface area contributed by atoms with E-state index in [4.69, 9.17) is 11.0 Å². The predicted octanol–water partition coefficient (Wildman–Crippen LogP) is 1.98. The van der Waals surface area contributed by atoms with Crippen LogP contribution >= 0.6 is 0 Å². The second kappa shape index (κ2) is 4.05. The second-order valence-corrected chi connectivity index (χ2v) is 4.80. The molecule has 0 heterocycles. The third-order valence-corrected chi connectivity index (χ3v) is 3.11. The molecule has 1 rings (SSSR count). The van der Waals surface area contributed by atoms with Gasteiger partial charge in [0, 0.05) is 5.92 Å². The van der Waals surface area contributed by atoms with Crippen LogP contribution in [0.3, 0.4) is 0 Å². The second-order valence-electron chi connectivity index (χ2n) is 3.38. The molecule has 1 atom stereocenters. The molecule has 4 heteroatoms. The van der Waals surface area contributed by atoms with E-state index >= 15 is 0 Å². The first kappa shape index (κ1) is 11.8. The Bertz CT molecular complexity index is 509. The predicted molar refractivity (Wildman–Crippen MR) is 58.2 cm³/mol. The Morgan fingerprint density at radius 2 is 2.07 bits per heavy atom. The third kappa shape index (κ3) is 2.58. The third-order valence-electron chi connectivity index (χ3n) is 2.27. The van der Waals surface area contributed by atoms with Gasteiger partial charge in [0.05, 0.1) is 4.90 Å². The first-order valence-electron chi connectivity index (χ1n) is 4.40. The van der Waals surface area contributed by atoms with E-state index < -0.39 is 10.1 Å². The van der Waals surface area contributed by atoms with Gasteiger partial charge >= 0.3 is 0 Å². The van der Waals surface area contributed by atoms with Crippen LogP contribution in [0.1, 0.15) is 24.0 Å². The Hall–Kier alpha value is -1.31. The molecule has 1 unspecified atom stereocenters. The summed E-state index contributed by atoms with van der Waals surface area (Å²) in [5, 5.41) is 0. The Morgan fingerprint density at radius 1 is 1.47 bits per heavy atom. The molecule has 0 spiro atoms. The van der Waals surface area contributed by atoms with E-state index in [9.17, 15) is 8.42 Å². The lowest BCUT2D eigenvalue weighted by Crippen LogP contribution is -2.01. The molecule has 80 valence electrons. The summed E-state index contributed by atoms with van der Waals surface area (Å²) in [4.78, 5) is -0.120. The number of benzene rings is 1. The minimum atomic E-state index is -4.15. The van der Waals surface area contributed by atoms with Gasteiger partial charge in [-0.25, -0.2) is 0 Å². The highest BCUT2D eigenvalue weighted by Crippen LogP contribution is 2.22. The van der Waals surface area contributed by atoms with Gasteiger partial charge in [-0.15, -0.1) is 6.42 Å². The monoisotopic (exact) mass is 224 g/mol. The van der Waals surface area contributed by atoms with Crippen LogP contribution in [-0.4, -0.2) is 13.0 Å². The summed E-state index contributed by atoms with van der Waals surface area (Å²) in [6, 6.07) is 4.40. The summed E-state index contributed by atoms with van der Waals surface area (Å²) in [5.74, 6) is 2.35. The van der Waals surface area contributed by atoms with Crippen LogP contribution in [0.2, 0.25) is 0 Å². The molecule has 0 aliphatic heterocycles. The minimum absolute atomic E-state index is 0.120. The van der Waals surface area contributed by atoms with Gasteiger partial charge in [0.25, 0.3) is 10.1 Å². The maximum atomic E-state index is 10.9. The highest BCUT2D eigenvalue weighted by molar-refractivity contribution is 7.85. The molecule has 0 aliphatic carbocycles. The van der Waals surface area contributed by atoms with E-state index in [0.29, 0.717) is 0 Å². The van der Waals surface area contributed by atoms with E-state index in [1.165, 1.54) is 12.1 Å². The quantitative estimate of drug-likeness (QED) is 0.617. The van der Waals surface area contributed by atoms with Crippen LogP contribution in [0, 0.1) is 19.3 Å². The zero-order valence-electron chi connectivity index (χ0n) is 8.56. The van der Waals surface area contributed by atoms with Crippen molar-refractivity contribution in [2.75, 3.05) is 0 Å². The molecule has 15 heavy (non-hydrogen) atoms. The van der Waals surface area contributed by atoms with Gasteiger partial charge in [-0.2, -0.15) is 8.42 Å². The van der Waals surface area contributed by atoms with Gasteiger partial charge in [0.15, 0.2) is 0 Å². The van der Waals surface area contributed by atoms with Crippen molar-refractivity contribution in [1.29, 1.82) is 0 Å². The van der Waals surface area contributed by atoms with Crippen molar-refractivity contribution in [2.45, 2.75) is 24.7 Å². The van der Waals surface area contributed by atoms with E-state index in [-0.39, 0.29) is 10.8 Å². The highest BCUT2D eigenvalue weighted by Gasteiger charge is 2.13. The van der Waals surface area contributed by atoms with Crippen molar-refractivity contribution >= 4 is 10.1 Å². The minimum Gasteiger partial charge on any atom is -0.282 e. The average molecular weight is 224 g/mol. The van der Waals surface area contributed by atoms with Crippen molar-refractivity contribution in [2.24, 2.45) is 0 Å². The standard InChI is InChI=1S/C11H12O3S/c1-4-8(2)11-7-10(15(12,13)14)6-5-9(11)3/h1,5-8H,2-3H3,(H,12,13,14). The van der Waals surface area contributed by atoms with Gasteiger partial charge in [-0.1, -0.05) is 12.0 Å². The molecule has 0 amide bonds. The smallest absolute Gasteiger partial charge is 0.282 e. The molecule has 1 aromatic rings. The molecule has 0 radical (unpaired) electrons. The Morgan fingerprint density at radius 3 is 2.53 bits per heavy atom.